The van der Waals surface area contributed by atoms with E-state index in [1.165, 1.54) is 0 Å². The van der Waals surface area contributed by atoms with Crippen molar-refractivity contribution in [3.63, 3.8) is 0 Å². The number of carboxylic acid groups (broad SMARTS) is 1. The summed E-state index contributed by atoms with van der Waals surface area (Å²) < 4.78 is 0. The number of hydrogen-bond acceptors (Lipinski definition) is 2. The maximum Gasteiger partial charge on any atom is 0.303 e. The predicted molar refractivity (Wildman–Crippen MR) is 74.7 cm³/mol. The Morgan fingerprint density at radius 1 is 1.42 bits per heavy atom. The molecule has 4 heteroatoms. The van der Waals surface area contributed by atoms with Crippen molar-refractivity contribution in [1.29, 1.82) is 0 Å². The molecule has 2 atom stereocenters. The van der Waals surface area contributed by atoms with Crippen molar-refractivity contribution in [2.75, 3.05) is 13.1 Å². The summed E-state index contributed by atoms with van der Waals surface area (Å²) in [7, 11) is 0. The van der Waals surface area contributed by atoms with Crippen LogP contribution in [0.3, 0.4) is 0 Å². The summed E-state index contributed by atoms with van der Waals surface area (Å²) in [6.45, 7) is 5.31. The predicted octanol–water partition coefficient (Wildman–Crippen LogP) is 2.47. The quantitative estimate of drug-likeness (QED) is 0.613. The van der Waals surface area contributed by atoms with Crippen LogP contribution in [-0.2, 0) is 9.59 Å². The molecule has 1 amide bonds. The molecule has 1 heterocycles. The first-order chi connectivity index (χ1) is 9.04. The number of hydrogen-bond donors (Lipinski definition) is 1. The van der Waals surface area contributed by atoms with Gasteiger partial charge in [-0.15, -0.1) is 0 Å². The van der Waals surface area contributed by atoms with Crippen molar-refractivity contribution in [3.05, 3.63) is 24.3 Å². The minimum absolute atomic E-state index is 0.0188. The van der Waals surface area contributed by atoms with E-state index in [2.05, 4.69) is 0 Å². The van der Waals surface area contributed by atoms with Crippen LogP contribution in [0.15, 0.2) is 24.3 Å². The molecule has 1 rings (SSSR count). The number of aliphatic carboxylic acids is 1. The van der Waals surface area contributed by atoms with Crippen LogP contribution < -0.4 is 0 Å². The van der Waals surface area contributed by atoms with Crippen LogP contribution in [0.2, 0.25) is 0 Å². The summed E-state index contributed by atoms with van der Waals surface area (Å²) >= 11 is 0. The number of likely N-dealkylation sites (tertiary alicyclic amines) is 1. The highest BCUT2D eigenvalue weighted by Gasteiger charge is 2.27. The van der Waals surface area contributed by atoms with Crippen molar-refractivity contribution < 1.29 is 14.7 Å². The van der Waals surface area contributed by atoms with E-state index in [1.807, 2.05) is 30.9 Å². The number of carboxylic acids is 1. The zero-order chi connectivity index (χ0) is 14.3. The van der Waals surface area contributed by atoms with E-state index in [-0.39, 0.29) is 18.2 Å². The fourth-order valence-corrected chi connectivity index (χ4v) is 2.47. The van der Waals surface area contributed by atoms with E-state index in [4.69, 9.17) is 5.11 Å². The molecule has 0 aromatic heterocycles. The fraction of sp³-hybridized carbons (Fsp3) is 0.600. The van der Waals surface area contributed by atoms with Gasteiger partial charge >= 0.3 is 5.97 Å². The molecule has 0 saturated carbocycles. The molecule has 0 aromatic carbocycles. The third kappa shape index (κ3) is 5.28. The fourth-order valence-electron chi connectivity index (χ4n) is 2.47. The zero-order valence-electron chi connectivity index (χ0n) is 11.7. The first-order valence-electron chi connectivity index (χ1n) is 6.84. The van der Waals surface area contributed by atoms with Crippen LogP contribution in [0, 0.1) is 11.8 Å². The van der Waals surface area contributed by atoms with Crippen LogP contribution in [-0.4, -0.2) is 35.0 Å². The summed E-state index contributed by atoms with van der Waals surface area (Å²) in [6.07, 6.45) is 9.16. The Labute approximate surface area is 114 Å². The molecule has 106 valence electrons. The van der Waals surface area contributed by atoms with Crippen LogP contribution in [0.4, 0.5) is 0 Å². The molecule has 0 spiro atoms. The second-order valence-electron chi connectivity index (χ2n) is 5.15. The molecule has 4 nitrogen and oxygen atoms in total. The molecule has 19 heavy (non-hydrogen) atoms. The highest BCUT2D eigenvalue weighted by Crippen LogP contribution is 2.26. The summed E-state index contributed by atoms with van der Waals surface area (Å²) in [4.78, 5) is 24.5. The highest BCUT2D eigenvalue weighted by atomic mass is 16.4. The smallest absolute Gasteiger partial charge is 0.303 e. The van der Waals surface area contributed by atoms with Crippen molar-refractivity contribution in [2.24, 2.45) is 11.8 Å². The van der Waals surface area contributed by atoms with Gasteiger partial charge in [0.2, 0.25) is 5.91 Å². The standard InChI is InChI=1S/C15H23NO3/c1-3-4-5-8-14(17)16-9-6-7-13(11-16)12(2)10-15(18)19/h3-5,8,12-13H,6-7,9-11H2,1-2H3,(H,18,19)/b4-3+,8-5?. The lowest BCUT2D eigenvalue weighted by Crippen LogP contribution is -2.41. The van der Waals surface area contributed by atoms with E-state index in [1.54, 1.807) is 12.2 Å². The molecule has 0 bridgehead atoms. The molecule has 1 saturated heterocycles. The van der Waals surface area contributed by atoms with Gasteiger partial charge in [0, 0.05) is 25.6 Å². The van der Waals surface area contributed by atoms with E-state index in [9.17, 15) is 9.59 Å². The van der Waals surface area contributed by atoms with Gasteiger partial charge in [0.1, 0.15) is 0 Å². The lowest BCUT2D eigenvalue weighted by atomic mass is 9.84. The number of carbonyl (C=O) groups is 2. The van der Waals surface area contributed by atoms with Crippen molar-refractivity contribution in [2.45, 2.75) is 33.1 Å². The summed E-state index contributed by atoms with van der Waals surface area (Å²) in [5.41, 5.74) is 0. The number of amides is 1. The van der Waals surface area contributed by atoms with E-state index in [0.717, 1.165) is 19.4 Å². The summed E-state index contributed by atoms with van der Waals surface area (Å²) in [5, 5.41) is 8.83. The number of piperidine rings is 1. The lowest BCUT2D eigenvalue weighted by molar-refractivity contribution is -0.138. The van der Waals surface area contributed by atoms with E-state index in [0.29, 0.717) is 12.5 Å². The maximum atomic E-state index is 12.0. The Hall–Kier alpha value is -1.58. The molecule has 1 fully saturated rings. The van der Waals surface area contributed by atoms with Gasteiger partial charge in [-0.05, 0) is 31.6 Å². The molecule has 0 aromatic rings. The van der Waals surface area contributed by atoms with E-state index < -0.39 is 5.97 Å². The number of allylic oxidation sites excluding steroid dienone is 3. The van der Waals surface area contributed by atoms with Gasteiger partial charge in [0.25, 0.3) is 0 Å². The number of carbonyl (C=O) groups excluding carboxylic acids is 1. The Kier molecular flexibility index (Phi) is 6.33. The lowest BCUT2D eigenvalue weighted by Gasteiger charge is -2.35. The first-order valence-corrected chi connectivity index (χ1v) is 6.84. The van der Waals surface area contributed by atoms with E-state index >= 15 is 0 Å². The maximum absolute atomic E-state index is 12.0. The van der Waals surface area contributed by atoms with Crippen LogP contribution in [0.1, 0.15) is 33.1 Å². The third-order valence-corrected chi connectivity index (χ3v) is 3.61. The summed E-state index contributed by atoms with van der Waals surface area (Å²) in [6, 6.07) is 0. The zero-order valence-corrected chi connectivity index (χ0v) is 11.7. The van der Waals surface area contributed by atoms with Crippen LogP contribution in [0.25, 0.3) is 0 Å². The molecule has 0 aliphatic carbocycles. The van der Waals surface area contributed by atoms with Gasteiger partial charge in [0.05, 0.1) is 0 Å². The van der Waals surface area contributed by atoms with Crippen molar-refractivity contribution >= 4 is 11.9 Å². The minimum atomic E-state index is -0.760. The molecule has 1 N–H and O–H groups in total. The van der Waals surface area contributed by atoms with Gasteiger partial charge < -0.3 is 10.0 Å². The third-order valence-electron chi connectivity index (χ3n) is 3.61. The largest absolute Gasteiger partial charge is 0.481 e. The number of nitrogens with zero attached hydrogens (tertiary/aromatic N) is 1. The van der Waals surface area contributed by atoms with Crippen LogP contribution in [0.5, 0.6) is 0 Å². The van der Waals surface area contributed by atoms with Crippen molar-refractivity contribution in [3.8, 4) is 0 Å². The molecule has 0 radical (unpaired) electrons. The molecular formula is C15H23NO3. The van der Waals surface area contributed by atoms with Crippen LogP contribution >= 0.6 is 0 Å². The minimum Gasteiger partial charge on any atom is -0.481 e. The Morgan fingerprint density at radius 2 is 2.16 bits per heavy atom. The molecular weight excluding hydrogens is 242 g/mol. The summed E-state index contributed by atoms with van der Waals surface area (Å²) in [5.74, 6) is -0.328. The average molecular weight is 265 g/mol. The van der Waals surface area contributed by atoms with Crippen molar-refractivity contribution in [1.82, 2.24) is 4.90 Å². The second kappa shape index (κ2) is 7.77. The Balaban J connectivity index is 2.54. The number of rotatable bonds is 5. The van der Waals surface area contributed by atoms with Gasteiger partial charge in [-0.25, -0.2) is 0 Å². The Bertz CT molecular complexity index is 374. The second-order valence-corrected chi connectivity index (χ2v) is 5.15. The monoisotopic (exact) mass is 265 g/mol. The Morgan fingerprint density at radius 3 is 2.79 bits per heavy atom. The first kappa shape index (κ1) is 15.5. The molecule has 1 aliphatic rings. The highest BCUT2D eigenvalue weighted by molar-refractivity contribution is 5.87. The SMILES string of the molecule is C/C=C/C=CC(=O)N1CCCC(C(C)CC(=O)O)C1. The normalized spacial score (nSPS) is 22.0. The molecule has 1 aliphatic heterocycles. The van der Waals surface area contributed by atoms with Gasteiger partial charge in [-0.2, -0.15) is 0 Å². The van der Waals surface area contributed by atoms with Gasteiger partial charge in [-0.3, -0.25) is 9.59 Å². The molecule has 2 unspecified atom stereocenters. The van der Waals surface area contributed by atoms with Gasteiger partial charge in [-0.1, -0.05) is 25.2 Å². The van der Waals surface area contributed by atoms with Gasteiger partial charge in [0.15, 0.2) is 0 Å². The topological polar surface area (TPSA) is 57.6 Å². The average Bonchev–Trinajstić information content (AvgIpc) is 2.38.